The van der Waals surface area contributed by atoms with Crippen molar-refractivity contribution in [1.29, 1.82) is 0 Å². The van der Waals surface area contributed by atoms with Gasteiger partial charge in [0.05, 0.1) is 12.9 Å². The van der Waals surface area contributed by atoms with Crippen LogP contribution in [0.3, 0.4) is 0 Å². The third-order valence-corrected chi connectivity index (χ3v) is 2.51. The Morgan fingerprint density at radius 3 is 2.50 bits per heavy atom. The van der Waals surface area contributed by atoms with Crippen LogP contribution in [0.4, 0.5) is 0 Å². The minimum absolute atomic E-state index is 0.0340. The molecule has 0 aromatic rings. The zero-order chi connectivity index (χ0) is 9.35. The molecule has 0 amide bonds. The summed E-state index contributed by atoms with van der Waals surface area (Å²) < 4.78 is 25.6. The van der Waals surface area contributed by atoms with Gasteiger partial charge in [-0.1, -0.05) is 0 Å². The summed E-state index contributed by atoms with van der Waals surface area (Å²) in [5.74, 6) is 0.279. The number of hydrogen-bond acceptors (Lipinski definition) is 4. The van der Waals surface area contributed by atoms with Crippen molar-refractivity contribution < 1.29 is 17.4 Å². The van der Waals surface area contributed by atoms with Gasteiger partial charge in [0, 0.05) is 5.92 Å². The van der Waals surface area contributed by atoms with Crippen molar-refractivity contribution >= 4 is 15.9 Å². The number of Topliss-reactive ketones (excluding diaryl/α,β-unsaturated/α-hetero) is 1. The summed E-state index contributed by atoms with van der Waals surface area (Å²) in [5, 5.41) is 0. The van der Waals surface area contributed by atoms with Crippen LogP contribution in [-0.2, 0) is 19.1 Å². The van der Waals surface area contributed by atoms with Crippen LogP contribution in [0.5, 0.6) is 0 Å². The quantitative estimate of drug-likeness (QED) is 0.596. The lowest BCUT2D eigenvalue weighted by atomic mass is 10.2. The zero-order valence-corrected chi connectivity index (χ0v) is 7.93. The van der Waals surface area contributed by atoms with Crippen molar-refractivity contribution in [2.45, 2.75) is 13.3 Å². The van der Waals surface area contributed by atoms with Crippen molar-refractivity contribution in [1.82, 2.24) is 0 Å². The Kier molecular flexibility index (Phi) is 2.53. The topological polar surface area (TPSA) is 60.4 Å². The zero-order valence-electron chi connectivity index (χ0n) is 7.11. The fraction of sp³-hybridized carbons (Fsp3) is 0.857. The number of carbonyl (C=O) groups excluding carboxylic acids is 1. The Morgan fingerprint density at radius 1 is 1.58 bits per heavy atom. The fourth-order valence-corrected chi connectivity index (χ4v) is 1.56. The molecule has 0 aromatic carbocycles. The molecule has 1 saturated carbocycles. The van der Waals surface area contributed by atoms with Gasteiger partial charge in [0.1, 0.15) is 5.78 Å². The van der Waals surface area contributed by atoms with E-state index in [1.165, 1.54) is 6.92 Å². The summed E-state index contributed by atoms with van der Waals surface area (Å²) in [6, 6.07) is 0. The van der Waals surface area contributed by atoms with Gasteiger partial charge in [-0.05, 0) is 19.3 Å². The molecule has 0 spiro atoms. The van der Waals surface area contributed by atoms with Gasteiger partial charge in [-0.3, -0.25) is 8.98 Å². The van der Waals surface area contributed by atoms with E-state index >= 15 is 0 Å². The smallest absolute Gasteiger partial charge is 0.264 e. The molecule has 5 heteroatoms. The lowest BCUT2D eigenvalue weighted by molar-refractivity contribution is -0.118. The van der Waals surface area contributed by atoms with E-state index < -0.39 is 10.1 Å². The summed E-state index contributed by atoms with van der Waals surface area (Å²) in [6.07, 6.45) is 1.78. The van der Waals surface area contributed by atoms with Gasteiger partial charge in [-0.15, -0.1) is 0 Å². The first-order valence-corrected chi connectivity index (χ1v) is 5.56. The maximum absolute atomic E-state index is 10.7. The second-order valence-corrected chi connectivity index (χ2v) is 4.85. The molecule has 0 radical (unpaired) electrons. The van der Waals surface area contributed by atoms with Crippen LogP contribution in [0.2, 0.25) is 0 Å². The molecule has 0 aliphatic heterocycles. The molecule has 0 heterocycles. The van der Waals surface area contributed by atoms with Crippen molar-refractivity contribution in [2.24, 2.45) is 11.8 Å². The van der Waals surface area contributed by atoms with Gasteiger partial charge in [0.25, 0.3) is 10.1 Å². The average molecular weight is 192 g/mol. The molecule has 70 valence electrons. The van der Waals surface area contributed by atoms with E-state index in [4.69, 9.17) is 0 Å². The third-order valence-electron chi connectivity index (χ3n) is 1.94. The Labute approximate surface area is 72.0 Å². The van der Waals surface area contributed by atoms with Crippen LogP contribution in [0, 0.1) is 11.8 Å². The molecular formula is C7H12O4S. The van der Waals surface area contributed by atoms with Crippen LogP contribution in [0.1, 0.15) is 13.3 Å². The molecule has 1 rings (SSSR count). The van der Waals surface area contributed by atoms with Gasteiger partial charge in [0.15, 0.2) is 0 Å². The van der Waals surface area contributed by atoms with Gasteiger partial charge >= 0.3 is 0 Å². The molecule has 0 saturated heterocycles. The van der Waals surface area contributed by atoms with Crippen LogP contribution >= 0.6 is 0 Å². The van der Waals surface area contributed by atoms with Crippen molar-refractivity contribution in [2.75, 3.05) is 12.9 Å². The summed E-state index contributed by atoms with van der Waals surface area (Å²) >= 11 is 0. The highest BCUT2D eigenvalue weighted by atomic mass is 32.2. The first-order valence-electron chi connectivity index (χ1n) is 3.75. The second kappa shape index (κ2) is 3.14. The van der Waals surface area contributed by atoms with E-state index in [0.717, 1.165) is 12.7 Å². The highest BCUT2D eigenvalue weighted by Crippen LogP contribution is 2.39. The average Bonchev–Trinajstić information content (AvgIpc) is 2.59. The Hall–Kier alpha value is -0.420. The molecule has 2 unspecified atom stereocenters. The summed E-state index contributed by atoms with van der Waals surface area (Å²) in [6.45, 7) is 1.67. The number of ketones is 1. The molecule has 1 fully saturated rings. The van der Waals surface area contributed by atoms with Crippen LogP contribution in [0.15, 0.2) is 0 Å². The molecule has 1 aliphatic carbocycles. The third kappa shape index (κ3) is 2.91. The molecule has 4 nitrogen and oxygen atoms in total. The number of rotatable bonds is 4. The van der Waals surface area contributed by atoms with Gasteiger partial charge in [0.2, 0.25) is 0 Å². The standard InChI is InChI=1S/C7H12O4S/c1-5(8)7-3-6(7)4-11-12(2,9)10/h6-7H,3-4H2,1-2H3. The summed E-state index contributed by atoms with van der Waals surface area (Å²) in [7, 11) is -3.34. The molecule has 1 aliphatic rings. The van der Waals surface area contributed by atoms with Crippen LogP contribution < -0.4 is 0 Å². The van der Waals surface area contributed by atoms with E-state index in [1.807, 2.05) is 0 Å². The van der Waals surface area contributed by atoms with Crippen molar-refractivity contribution in [3.63, 3.8) is 0 Å². The highest BCUT2D eigenvalue weighted by Gasteiger charge is 2.41. The lowest BCUT2D eigenvalue weighted by Crippen LogP contribution is -2.07. The largest absolute Gasteiger partial charge is 0.300 e. The monoisotopic (exact) mass is 192 g/mol. The van der Waals surface area contributed by atoms with E-state index in [0.29, 0.717) is 0 Å². The Balaban J connectivity index is 2.25. The molecule has 2 atom stereocenters. The number of hydrogen-bond donors (Lipinski definition) is 0. The van der Waals surface area contributed by atoms with E-state index in [-0.39, 0.29) is 24.2 Å². The van der Waals surface area contributed by atoms with Crippen molar-refractivity contribution in [3.05, 3.63) is 0 Å². The van der Waals surface area contributed by atoms with E-state index in [9.17, 15) is 13.2 Å². The lowest BCUT2D eigenvalue weighted by Gasteiger charge is -1.97. The minimum atomic E-state index is -3.34. The first kappa shape index (κ1) is 9.67. The number of carbonyl (C=O) groups is 1. The highest BCUT2D eigenvalue weighted by molar-refractivity contribution is 7.85. The van der Waals surface area contributed by atoms with Gasteiger partial charge < -0.3 is 0 Å². The second-order valence-electron chi connectivity index (χ2n) is 3.20. The first-order chi connectivity index (χ1) is 5.40. The summed E-state index contributed by atoms with van der Waals surface area (Å²) in [5.41, 5.74) is 0. The molecular weight excluding hydrogens is 180 g/mol. The fourth-order valence-electron chi connectivity index (χ4n) is 1.14. The Morgan fingerprint density at radius 2 is 2.17 bits per heavy atom. The predicted octanol–water partition coefficient (Wildman–Crippen LogP) is 0.188. The maximum Gasteiger partial charge on any atom is 0.264 e. The predicted molar refractivity (Wildman–Crippen MR) is 43.1 cm³/mol. The normalized spacial score (nSPS) is 28.5. The SMILES string of the molecule is CC(=O)C1CC1COS(C)(=O)=O. The maximum atomic E-state index is 10.7. The molecule has 0 bridgehead atoms. The summed E-state index contributed by atoms with van der Waals surface area (Å²) in [4.78, 5) is 10.7. The van der Waals surface area contributed by atoms with Crippen molar-refractivity contribution in [3.8, 4) is 0 Å². The molecule has 0 aromatic heterocycles. The van der Waals surface area contributed by atoms with Crippen LogP contribution in [0.25, 0.3) is 0 Å². The Bertz CT molecular complexity index is 280. The van der Waals surface area contributed by atoms with E-state index in [1.54, 1.807) is 0 Å². The van der Waals surface area contributed by atoms with Crippen LogP contribution in [-0.4, -0.2) is 27.1 Å². The van der Waals surface area contributed by atoms with E-state index in [2.05, 4.69) is 4.18 Å². The van der Waals surface area contributed by atoms with Gasteiger partial charge in [-0.2, -0.15) is 8.42 Å². The molecule has 0 N–H and O–H groups in total. The molecule has 12 heavy (non-hydrogen) atoms. The van der Waals surface area contributed by atoms with Gasteiger partial charge in [-0.25, -0.2) is 0 Å². The minimum Gasteiger partial charge on any atom is -0.300 e.